The van der Waals surface area contributed by atoms with Crippen LogP contribution in [0.5, 0.6) is 11.5 Å². The summed E-state index contributed by atoms with van der Waals surface area (Å²) in [5.74, 6) is 1.71. The first-order valence-corrected chi connectivity index (χ1v) is 9.34. The SMILES string of the molecule is CCOP(=O)(Cc1cc(-c2ccc(OC)cc2OC)no1)OCC. The van der Waals surface area contributed by atoms with Crippen molar-refractivity contribution in [1.29, 1.82) is 0 Å². The number of hydrogen-bond acceptors (Lipinski definition) is 7. The lowest BCUT2D eigenvalue weighted by atomic mass is 10.1. The van der Waals surface area contributed by atoms with E-state index in [1.54, 1.807) is 46.3 Å². The lowest BCUT2D eigenvalue weighted by Gasteiger charge is -2.14. The minimum absolute atomic E-state index is 0.0279. The van der Waals surface area contributed by atoms with Crippen molar-refractivity contribution in [3.63, 3.8) is 0 Å². The Bertz CT molecular complexity index is 704. The van der Waals surface area contributed by atoms with Crippen LogP contribution in [0.3, 0.4) is 0 Å². The van der Waals surface area contributed by atoms with Crippen LogP contribution >= 0.6 is 7.60 Å². The topological polar surface area (TPSA) is 80.0 Å². The zero-order valence-corrected chi connectivity index (χ0v) is 15.2. The van der Waals surface area contributed by atoms with Gasteiger partial charge in [-0.25, -0.2) is 0 Å². The molecule has 0 atom stereocenters. The highest BCUT2D eigenvalue weighted by atomic mass is 31.2. The molecule has 0 amide bonds. The molecule has 0 aliphatic carbocycles. The summed E-state index contributed by atoms with van der Waals surface area (Å²) < 4.78 is 38.9. The second-order valence-electron chi connectivity index (χ2n) is 4.85. The van der Waals surface area contributed by atoms with Crippen molar-refractivity contribution in [1.82, 2.24) is 5.16 Å². The standard InChI is InChI=1S/C16H22NO6P/c1-5-21-24(18,22-6-2)11-13-9-15(17-23-13)14-8-7-12(19-3)10-16(14)20-4/h7-10H,5-6,11H2,1-4H3. The largest absolute Gasteiger partial charge is 0.497 e. The fourth-order valence-electron chi connectivity index (χ4n) is 2.24. The van der Waals surface area contributed by atoms with Crippen molar-refractivity contribution < 1.29 is 27.6 Å². The highest BCUT2D eigenvalue weighted by Gasteiger charge is 2.27. The lowest BCUT2D eigenvalue weighted by molar-refractivity contribution is 0.216. The Balaban J connectivity index is 2.26. The van der Waals surface area contributed by atoms with E-state index in [2.05, 4.69) is 5.16 Å². The van der Waals surface area contributed by atoms with Crippen LogP contribution in [0.15, 0.2) is 28.8 Å². The third-order valence-corrected chi connectivity index (χ3v) is 5.25. The maximum atomic E-state index is 12.6. The summed E-state index contributed by atoms with van der Waals surface area (Å²) in [6.07, 6.45) is 0.0279. The number of nitrogens with zero attached hydrogens (tertiary/aromatic N) is 1. The molecule has 0 N–H and O–H groups in total. The van der Waals surface area contributed by atoms with Gasteiger partial charge in [-0.3, -0.25) is 4.57 Å². The monoisotopic (exact) mass is 355 g/mol. The molecule has 8 heteroatoms. The Morgan fingerprint density at radius 1 is 1.08 bits per heavy atom. The highest BCUT2D eigenvalue weighted by molar-refractivity contribution is 7.53. The first-order chi connectivity index (χ1) is 11.5. The molecule has 0 bridgehead atoms. The molecule has 0 saturated heterocycles. The summed E-state index contributed by atoms with van der Waals surface area (Å²) >= 11 is 0. The van der Waals surface area contributed by atoms with Gasteiger partial charge in [-0.15, -0.1) is 0 Å². The third kappa shape index (κ3) is 4.38. The molecule has 24 heavy (non-hydrogen) atoms. The van der Waals surface area contributed by atoms with E-state index in [1.807, 2.05) is 6.07 Å². The zero-order valence-electron chi connectivity index (χ0n) is 14.3. The summed E-state index contributed by atoms with van der Waals surface area (Å²) in [5.41, 5.74) is 1.32. The van der Waals surface area contributed by atoms with Crippen molar-refractivity contribution in [2.24, 2.45) is 0 Å². The molecular weight excluding hydrogens is 333 g/mol. The first-order valence-electron chi connectivity index (χ1n) is 7.61. The maximum Gasteiger partial charge on any atom is 0.338 e. The van der Waals surface area contributed by atoms with E-state index < -0.39 is 7.60 Å². The van der Waals surface area contributed by atoms with Gasteiger partial charge in [0.1, 0.15) is 29.1 Å². The highest BCUT2D eigenvalue weighted by Crippen LogP contribution is 2.51. The summed E-state index contributed by atoms with van der Waals surface area (Å²) in [4.78, 5) is 0. The van der Waals surface area contributed by atoms with Gasteiger partial charge in [-0.2, -0.15) is 0 Å². The lowest BCUT2D eigenvalue weighted by Crippen LogP contribution is -1.98. The molecule has 1 aromatic carbocycles. The molecular formula is C16H22NO6P. The first kappa shape index (κ1) is 18.5. The zero-order chi connectivity index (χ0) is 17.6. The molecule has 0 unspecified atom stereocenters. The van der Waals surface area contributed by atoms with E-state index in [0.717, 1.165) is 5.56 Å². The van der Waals surface area contributed by atoms with E-state index in [1.165, 1.54) is 0 Å². The molecule has 132 valence electrons. The van der Waals surface area contributed by atoms with Gasteiger partial charge in [0.25, 0.3) is 0 Å². The van der Waals surface area contributed by atoms with Gasteiger partial charge in [0.05, 0.1) is 27.4 Å². The van der Waals surface area contributed by atoms with E-state index in [9.17, 15) is 4.57 Å². The molecule has 0 fully saturated rings. The van der Waals surface area contributed by atoms with Crippen LogP contribution < -0.4 is 9.47 Å². The van der Waals surface area contributed by atoms with Crippen molar-refractivity contribution in [3.05, 3.63) is 30.0 Å². The number of rotatable bonds is 9. The van der Waals surface area contributed by atoms with E-state index in [4.69, 9.17) is 23.0 Å². The van der Waals surface area contributed by atoms with E-state index in [-0.39, 0.29) is 6.16 Å². The molecule has 0 radical (unpaired) electrons. The minimum Gasteiger partial charge on any atom is -0.497 e. The van der Waals surface area contributed by atoms with Crippen molar-refractivity contribution >= 4 is 7.60 Å². The Hall–Kier alpha value is -1.82. The maximum absolute atomic E-state index is 12.6. The van der Waals surface area contributed by atoms with Crippen LogP contribution in [0.25, 0.3) is 11.3 Å². The normalized spacial score (nSPS) is 11.5. The van der Waals surface area contributed by atoms with E-state index >= 15 is 0 Å². The van der Waals surface area contributed by atoms with Crippen LogP contribution in [0.1, 0.15) is 19.6 Å². The van der Waals surface area contributed by atoms with Crippen LogP contribution in [-0.2, 0) is 19.8 Å². The summed E-state index contributed by atoms with van der Waals surface area (Å²) in [7, 11) is -0.0839. The van der Waals surface area contributed by atoms with Gasteiger partial charge in [0, 0.05) is 17.7 Å². The van der Waals surface area contributed by atoms with Crippen LogP contribution in [0, 0.1) is 0 Å². The van der Waals surface area contributed by atoms with Gasteiger partial charge in [0.15, 0.2) is 0 Å². The Morgan fingerprint density at radius 2 is 1.79 bits per heavy atom. The molecule has 0 aliphatic heterocycles. The third-order valence-electron chi connectivity index (χ3n) is 3.24. The predicted molar refractivity (Wildman–Crippen MR) is 89.6 cm³/mol. The molecule has 2 rings (SSSR count). The molecule has 2 aromatic rings. The van der Waals surface area contributed by atoms with Gasteiger partial charge in [-0.05, 0) is 26.0 Å². The molecule has 0 aliphatic rings. The Morgan fingerprint density at radius 3 is 2.38 bits per heavy atom. The summed E-state index contributed by atoms with van der Waals surface area (Å²) in [6, 6.07) is 7.09. The fourth-order valence-corrected chi connectivity index (χ4v) is 3.81. The summed E-state index contributed by atoms with van der Waals surface area (Å²) in [6.45, 7) is 4.12. The number of hydrogen-bond donors (Lipinski definition) is 0. The van der Waals surface area contributed by atoms with Gasteiger partial charge in [0.2, 0.25) is 0 Å². The van der Waals surface area contributed by atoms with Crippen molar-refractivity contribution in [2.45, 2.75) is 20.0 Å². The second-order valence-corrected chi connectivity index (χ2v) is 6.90. The van der Waals surface area contributed by atoms with Crippen molar-refractivity contribution in [3.8, 4) is 22.8 Å². The fraction of sp³-hybridized carbons (Fsp3) is 0.438. The molecule has 7 nitrogen and oxygen atoms in total. The molecule has 0 saturated carbocycles. The number of benzene rings is 1. The van der Waals surface area contributed by atoms with Crippen LogP contribution in [0.4, 0.5) is 0 Å². The smallest absolute Gasteiger partial charge is 0.338 e. The van der Waals surface area contributed by atoms with Gasteiger partial charge in [-0.1, -0.05) is 5.16 Å². The second kappa shape index (κ2) is 8.33. The number of ether oxygens (including phenoxy) is 2. The predicted octanol–water partition coefficient (Wildman–Crippen LogP) is 4.12. The minimum atomic E-state index is -3.24. The molecule has 0 spiro atoms. The average Bonchev–Trinajstić information content (AvgIpc) is 3.02. The quantitative estimate of drug-likeness (QED) is 0.626. The van der Waals surface area contributed by atoms with Gasteiger partial charge >= 0.3 is 7.60 Å². The Labute approximate surface area is 141 Å². The van der Waals surface area contributed by atoms with Crippen LogP contribution in [-0.4, -0.2) is 32.6 Å². The van der Waals surface area contributed by atoms with Crippen LogP contribution in [0.2, 0.25) is 0 Å². The Kier molecular flexibility index (Phi) is 6.43. The molecule has 1 heterocycles. The number of aromatic nitrogens is 1. The summed E-state index contributed by atoms with van der Waals surface area (Å²) in [5, 5.41) is 4.03. The molecule has 1 aromatic heterocycles. The van der Waals surface area contributed by atoms with Gasteiger partial charge < -0.3 is 23.0 Å². The average molecular weight is 355 g/mol. The van der Waals surface area contributed by atoms with E-state index in [0.29, 0.717) is 36.2 Å². The van der Waals surface area contributed by atoms with Crippen molar-refractivity contribution in [2.75, 3.05) is 27.4 Å². The number of methoxy groups -OCH3 is 2.